The molecular formula is C14H19N3S2. The molecule has 1 N–H and O–H groups in total. The third-order valence-corrected chi connectivity index (χ3v) is 5.36. The summed E-state index contributed by atoms with van der Waals surface area (Å²) in [5.74, 6) is 0. The van der Waals surface area contributed by atoms with E-state index in [0.717, 1.165) is 22.3 Å². The highest BCUT2D eigenvalue weighted by Gasteiger charge is 2.24. The van der Waals surface area contributed by atoms with Crippen LogP contribution in [0, 0.1) is 6.92 Å². The van der Waals surface area contributed by atoms with Crippen LogP contribution in [0.4, 0.5) is 0 Å². The van der Waals surface area contributed by atoms with E-state index in [0.29, 0.717) is 6.04 Å². The van der Waals surface area contributed by atoms with Gasteiger partial charge in [-0.2, -0.15) is 0 Å². The molecule has 1 aliphatic rings. The molecule has 3 rings (SSSR count). The number of nitrogens with one attached hydrogen (secondary N) is 1. The van der Waals surface area contributed by atoms with Gasteiger partial charge in [-0.05, 0) is 39.2 Å². The van der Waals surface area contributed by atoms with Crippen LogP contribution < -0.4 is 5.32 Å². The number of hydrogen-bond acceptors (Lipinski definition) is 5. The second kappa shape index (κ2) is 5.69. The number of fused-ring (bicyclic) bond motifs is 1. The largest absolute Gasteiger partial charge is 0.309 e. The zero-order valence-corrected chi connectivity index (χ0v) is 13.0. The molecule has 1 atom stereocenters. The lowest BCUT2D eigenvalue weighted by Gasteiger charge is -2.21. The molecular weight excluding hydrogens is 274 g/mol. The molecule has 19 heavy (non-hydrogen) atoms. The van der Waals surface area contributed by atoms with Gasteiger partial charge in [0, 0.05) is 10.3 Å². The quantitative estimate of drug-likeness (QED) is 0.927. The van der Waals surface area contributed by atoms with Gasteiger partial charge in [0.1, 0.15) is 10.7 Å². The van der Waals surface area contributed by atoms with Crippen LogP contribution in [0.25, 0.3) is 10.7 Å². The smallest absolute Gasteiger partial charge is 0.143 e. The Morgan fingerprint density at radius 1 is 1.42 bits per heavy atom. The summed E-state index contributed by atoms with van der Waals surface area (Å²) in [5.41, 5.74) is 2.33. The summed E-state index contributed by atoms with van der Waals surface area (Å²) < 4.78 is 0. The summed E-state index contributed by atoms with van der Waals surface area (Å²) >= 11 is 3.53. The van der Waals surface area contributed by atoms with Gasteiger partial charge in [0.25, 0.3) is 0 Å². The van der Waals surface area contributed by atoms with E-state index in [1.54, 1.807) is 11.3 Å². The van der Waals surface area contributed by atoms with Crippen molar-refractivity contribution in [3.63, 3.8) is 0 Å². The first kappa shape index (κ1) is 13.2. The Labute approximate surface area is 122 Å². The minimum absolute atomic E-state index is 0.452. The van der Waals surface area contributed by atoms with E-state index in [4.69, 9.17) is 4.98 Å². The Morgan fingerprint density at radius 3 is 3.05 bits per heavy atom. The van der Waals surface area contributed by atoms with E-state index in [1.807, 2.05) is 18.3 Å². The monoisotopic (exact) mass is 293 g/mol. The zero-order valence-electron chi connectivity index (χ0n) is 11.4. The summed E-state index contributed by atoms with van der Waals surface area (Å²) in [7, 11) is 0. The topological polar surface area (TPSA) is 37.8 Å². The van der Waals surface area contributed by atoms with Gasteiger partial charge in [-0.15, -0.1) is 22.7 Å². The van der Waals surface area contributed by atoms with Crippen molar-refractivity contribution in [2.45, 2.75) is 45.6 Å². The highest BCUT2D eigenvalue weighted by molar-refractivity contribution is 7.15. The number of hydrogen-bond donors (Lipinski definition) is 1. The first-order valence-corrected chi connectivity index (χ1v) is 8.63. The van der Waals surface area contributed by atoms with Crippen LogP contribution in [0.5, 0.6) is 0 Å². The second-order valence-corrected chi connectivity index (χ2v) is 7.12. The van der Waals surface area contributed by atoms with Gasteiger partial charge in [-0.3, -0.25) is 0 Å². The van der Waals surface area contributed by atoms with Crippen molar-refractivity contribution in [1.82, 2.24) is 15.3 Å². The van der Waals surface area contributed by atoms with Crippen LogP contribution >= 0.6 is 22.7 Å². The van der Waals surface area contributed by atoms with Crippen molar-refractivity contribution < 1.29 is 0 Å². The molecule has 5 heteroatoms. The van der Waals surface area contributed by atoms with E-state index < -0.39 is 0 Å². The maximum atomic E-state index is 4.87. The molecule has 0 bridgehead atoms. The normalized spacial score (nSPS) is 18.5. The lowest BCUT2D eigenvalue weighted by molar-refractivity contribution is 0.454. The number of aromatic nitrogens is 2. The average molecular weight is 293 g/mol. The molecule has 0 saturated carbocycles. The van der Waals surface area contributed by atoms with Crippen LogP contribution in [0.3, 0.4) is 0 Å². The Morgan fingerprint density at radius 2 is 2.32 bits per heavy atom. The van der Waals surface area contributed by atoms with Crippen LogP contribution in [-0.2, 0) is 6.42 Å². The second-order valence-electron chi connectivity index (χ2n) is 4.98. The molecule has 0 spiro atoms. The molecule has 102 valence electrons. The molecule has 0 radical (unpaired) electrons. The molecule has 2 heterocycles. The van der Waals surface area contributed by atoms with Gasteiger partial charge >= 0.3 is 0 Å². The van der Waals surface area contributed by atoms with Gasteiger partial charge in [-0.1, -0.05) is 6.92 Å². The molecule has 0 saturated heterocycles. The summed E-state index contributed by atoms with van der Waals surface area (Å²) in [5, 5.41) is 7.95. The molecule has 2 aromatic heterocycles. The molecule has 0 aromatic carbocycles. The van der Waals surface area contributed by atoms with Crippen molar-refractivity contribution >= 4 is 22.7 Å². The molecule has 2 aromatic rings. The summed E-state index contributed by atoms with van der Waals surface area (Å²) in [6, 6.07) is 0.452. The van der Waals surface area contributed by atoms with E-state index in [-0.39, 0.29) is 0 Å². The van der Waals surface area contributed by atoms with Crippen LogP contribution in [0.1, 0.15) is 47.8 Å². The van der Waals surface area contributed by atoms with Gasteiger partial charge in [-0.25, -0.2) is 9.97 Å². The third-order valence-electron chi connectivity index (χ3n) is 3.43. The predicted octanol–water partition coefficient (Wildman–Crippen LogP) is 3.95. The van der Waals surface area contributed by atoms with Gasteiger partial charge in [0.15, 0.2) is 0 Å². The van der Waals surface area contributed by atoms with Crippen molar-refractivity contribution in [3.05, 3.63) is 21.0 Å². The zero-order chi connectivity index (χ0) is 13.2. The highest BCUT2D eigenvalue weighted by Crippen LogP contribution is 2.37. The standard InChI is InChI=1S/C14H19N3S2/c1-3-7-15-10-5-4-6-12-13(10)17-14(19-12)11-8-18-9(2)16-11/h8,10,15H,3-7H2,1-2H3. The highest BCUT2D eigenvalue weighted by atomic mass is 32.1. The average Bonchev–Trinajstić information content (AvgIpc) is 3.02. The Bertz CT molecular complexity index is 559. The number of thiazole rings is 2. The van der Waals surface area contributed by atoms with Crippen LogP contribution in [0.15, 0.2) is 5.38 Å². The summed E-state index contributed by atoms with van der Waals surface area (Å²) in [6.07, 6.45) is 4.84. The maximum Gasteiger partial charge on any atom is 0.143 e. The summed E-state index contributed by atoms with van der Waals surface area (Å²) in [4.78, 5) is 10.9. The predicted molar refractivity (Wildman–Crippen MR) is 81.9 cm³/mol. The lowest BCUT2D eigenvalue weighted by atomic mass is 9.97. The number of nitrogens with zero attached hydrogens (tertiary/aromatic N) is 2. The van der Waals surface area contributed by atoms with Gasteiger partial charge < -0.3 is 5.32 Å². The van der Waals surface area contributed by atoms with Crippen LogP contribution in [-0.4, -0.2) is 16.5 Å². The minimum atomic E-state index is 0.452. The Kier molecular flexibility index (Phi) is 3.96. The van der Waals surface area contributed by atoms with Crippen molar-refractivity contribution in [3.8, 4) is 10.7 Å². The first-order chi connectivity index (χ1) is 9.28. The fourth-order valence-corrected chi connectivity index (χ4v) is 4.30. The molecule has 0 aliphatic heterocycles. The van der Waals surface area contributed by atoms with Crippen molar-refractivity contribution in [2.24, 2.45) is 0 Å². The molecule has 1 aliphatic carbocycles. The molecule has 0 amide bonds. The molecule has 0 fully saturated rings. The number of aryl methyl sites for hydroxylation is 2. The molecule has 1 unspecified atom stereocenters. The van der Waals surface area contributed by atoms with Crippen molar-refractivity contribution in [1.29, 1.82) is 0 Å². The van der Waals surface area contributed by atoms with Gasteiger partial charge in [0.2, 0.25) is 0 Å². The third kappa shape index (κ3) is 2.73. The minimum Gasteiger partial charge on any atom is -0.309 e. The SMILES string of the molecule is CCCNC1CCCc2sc(-c3csc(C)n3)nc21. The lowest BCUT2D eigenvalue weighted by Crippen LogP contribution is -2.25. The number of rotatable bonds is 4. The molecule has 3 nitrogen and oxygen atoms in total. The fourth-order valence-electron chi connectivity index (χ4n) is 2.51. The van der Waals surface area contributed by atoms with E-state index in [2.05, 4.69) is 22.6 Å². The fraction of sp³-hybridized carbons (Fsp3) is 0.571. The Balaban J connectivity index is 1.88. The van der Waals surface area contributed by atoms with E-state index in [9.17, 15) is 0 Å². The first-order valence-electron chi connectivity index (χ1n) is 6.93. The summed E-state index contributed by atoms with van der Waals surface area (Å²) in [6.45, 7) is 5.33. The van der Waals surface area contributed by atoms with Crippen LogP contribution in [0.2, 0.25) is 0 Å². The van der Waals surface area contributed by atoms with E-state index >= 15 is 0 Å². The maximum absolute atomic E-state index is 4.87. The van der Waals surface area contributed by atoms with Crippen molar-refractivity contribution in [2.75, 3.05) is 6.54 Å². The van der Waals surface area contributed by atoms with E-state index in [1.165, 1.54) is 36.3 Å². The van der Waals surface area contributed by atoms with Gasteiger partial charge in [0.05, 0.1) is 16.7 Å². The Hall–Kier alpha value is -0.780.